The second-order valence-corrected chi connectivity index (χ2v) is 6.43. The van der Waals surface area contributed by atoms with Crippen molar-refractivity contribution in [3.8, 4) is 17.2 Å². The van der Waals surface area contributed by atoms with Crippen LogP contribution >= 0.6 is 11.8 Å². The summed E-state index contributed by atoms with van der Waals surface area (Å²) in [6.07, 6.45) is 3.31. The topological polar surface area (TPSA) is 81.4 Å². The smallest absolute Gasteiger partial charge is 0.277 e. The van der Waals surface area contributed by atoms with Crippen molar-refractivity contribution in [1.29, 1.82) is 0 Å². The summed E-state index contributed by atoms with van der Waals surface area (Å²) in [5, 5.41) is 8.32. The highest BCUT2D eigenvalue weighted by Gasteiger charge is 2.14. The van der Waals surface area contributed by atoms with Gasteiger partial charge in [-0.15, -0.1) is 10.2 Å². The van der Waals surface area contributed by atoms with Crippen LogP contribution in [-0.2, 0) is 11.3 Å². The van der Waals surface area contributed by atoms with Crippen molar-refractivity contribution in [3.05, 3.63) is 54.4 Å². The van der Waals surface area contributed by atoms with Gasteiger partial charge in [0.15, 0.2) is 0 Å². The van der Waals surface area contributed by atoms with E-state index in [1.54, 1.807) is 43.6 Å². The van der Waals surface area contributed by atoms with Crippen molar-refractivity contribution >= 4 is 17.7 Å². The summed E-state index contributed by atoms with van der Waals surface area (Å²) in [4.78, 5) is 17.9. The maximum absolute atomic E-state index is 12.3. The number of nitrogens with zero attached hydrogens (tertiary/aromatic N) is 4. The van der Waals surface area contributed by atoms with Gasteiger partial charge < -0.3 is 14.1 Å². The van der Waals surface area contributed by atoms with E-state index in [2.05, 4.69) is 15.2 Å². The molecule has 0 N–H and O–H groups in total. The number of hydrogen-bond donors (Lipinski definition) is 0. The fourth-order valence-corrected chi connectivity index (χ4v) is 2.95. The predicted molar refractivity (Wildman–Crippen MR) is 97.7 cm³/mol. The molecule has 1 aromatic carbocycles. The van der Waals surface area contributed by atoms with Crippen LogP contribution in [0, 0.1) is 0 Å². The number of thioether (sulfide) groups is 1. The molecule has 7 nitrogen and oxygen atoms in total. The van der Waals surface area contributed by atoms with Gasteiger partial charge in [-0.3, -0.25) is 9.78 Å². The number of benzene rings is 1. The van der Waals surface area contributed by atoms with E-state index in [-0.39, 0.29) is 11.7 Å². The van der Waals surface area contributed by atoms with E-state index >= 15 is 0 Å². The highest BCUT2D eigenvalue weighted by molar-refractivity contribution is 7.99. The summed E-state index contributed by atoms with van der Waals surface area (Å²) in [5.74, 6) is 1.37. The Balaban J connectivity index is 1.54. The van der Waals surface area contributed by atoms with Gasteiger partial charge in [-0.05, 0) is 29.8 Å². The Morgan fingerprint density at radius 3 is 2.81 bits per heavy atom. The summed E-state index contributed by atoms with van der Waals surface area (Å²) >= 11 is 1.22. The molecule has 0 aliphatic heterocycles. The number of carbonyl (C=O) groups is 1. The molecular weight excluding hydrogens is 352 g/mol. The minimum absolute atomic E-state index is 0.0264. The summed E-state index contributed by atoms with van der Waals surface area (Å²) in [7, 11) is 3.38. The maximum Gasteiger partial charge on any atom is 0.277 e. The molecule has 0 spiro atoms. The van der Waals surface area contributed by atoms with E-state index in [0.717, 1.165) is 16.9 Å². The number of carbonyl (C=O) groups excluding carboxylic acids is 1. The largest absolute Gasteiger partial charge is 0.497 e. The first-order chi connectivity index (χ1) is 12.7. The van der Waals surface area contributed by atoms with E-state index in [1.165, 1.54) is 11.8 Å². The van der Waals surface area contributed by atoms with E-state index in [1.807, 2.05) is 24.3 Å². The van der Waals surface area contributed by atoms with Crippen LogP contribution in [-0.4, -0.2) is 45.9 Å². The van der Waals surface area contributed by atoms with E-state index in [9.17, 15) is 4.79 Å². The molecule has 134 valence electrons. The number of amides is 1. The fourth-order valence-electron chi connectivity index (χ4n) is 2.25. The number of ether oxygens (including phenoxy) is 1. The molecule has 26 heavy (non-hydrogen) atoms. The highest BCUT2D eigenvalue weighted by atomic mass is 32.2. The molecule has 0 fully saturated rings. The van der Waals surface area contributed by atoms with Crippen molar-refractivity contribution < 1.29 is 13.9 Å². The lowest BCUT2D eigenvalue weighted by molar-refractivity contribution is -0.127. The summed E-state index contributed by atoms with van der Waals surface area (Å²) in [5.41, 5.74) is 1.80. The lowest BCUT2D eigenvalue weighted by Gasteiger charge is -2.17. The molecule has 0 atom stereocenters. The SMILES string of the molecule is COc1cccc(CN(C)C(=O)CSc2nnc(-c3ccncc3)o2)c1. The predicted octanol–water partition coefficient (Wildman–Crippen LogP) is 2.89. The lowest BCUT2D eigenvalue weighted by Crippen LogP contribution is -2.27. The van der Waals surface area contributed by atoms with Gasteiger partial charge in [-0.2, -0.15) is 0 Å². The summed E-state index contributed by atoms with van der Waals surface area (Å²) < 4.78 is 10.8. The van der Waals surface area contributed by atoms with Crippen LogP contribution in [0.2, 0.25) is 0 Å². The Kier molecular flexibility index (Phi) is 5.85. The van der Waals surface area contributed by atoms with E-state index < -0.39 is 0 Å². The average molecular weight is 370 g/mol. The van der Waals surface area contributed by atoms with Crippen LogP contribution < -0.4 is 4.74 Å². The Labute approximate surface area is 155 Å². The molecule has 0 saturated heterocycles. The summed E-state index contributed by atoms with van der Waals surface area (Å²) in [6, 6.07) is 11.2. The second-order valence-electron chi connectivity index (χ2n) is 5.50. The number of rotatable bonds is 7. The van der Waals surface area contributed by atoms with E-state index in [4.69, 9.17) is 9.15 Å². The van der Waals surface area contributed by atoms with Crippen LogP contribution in [0.25, 0.3) is 11.5 Å². The zero-order chi connectivity index (χ0) is 18.4. The Morgan fingerprint density at radius 2 is 2.04 bits per heavy atom. The monoisotopic (exact) mass is 370 g/mol. The number of methoxy groups -OCH3 is 1. The molecule has 0 aliphatic carbocycles. The van der Waals surface area contributed by atoms with Gasteiger partial charge in [0, 0.05) is 31.5 Å². The van der Waals surface area contributed by atoms with E-state index in [0.29, 0.717) is 17.7 Å². The van der Waals surface area contributed by atoms with Gasteiger partial charge in [-0.25, -0.2) is 0 Å². The van der Waals surface area contributed by atoms with Crippen LogP contribution in [0.1, 0.15) is 5.56 Å². The van der Waals surface area contributed by atoms with Gasteiger partial charge >= 0.3 is 0 Å². The molecule has 8 heteroatoms. The van der Waals surface area contributed by atoms with Gasteiger partial charge in [0.1, 0.15) is 5.75 Å². The first-order valence-electron chi connectivity index (χ1n) is 7.89. The standard InChI is InChI=1S/C18H18N4O3S/c1-22(11-13-4-3-5-15(10-13)24-2)16(23)12-26-18-21-20-17(25-18)14-6-8-19-9-7-14/h3-10H,11-12H2,1-2H3. The van der Waals surface area contributed by atoms with Crippen molar-refractivity contribution in [1.82, 2.24) is 20.1 Å². The average Bonchev–Trinajstić information content (AvgIpc) is 3.16. The molecule has 0 bridgehead atoms. The van der Waals surface area contributed by atoms with Gasteiger partial charge in [0.25, 0.3) is 5.22 Å². The third kappa shape index (κ3) is 4.60. The Bertz CT molecular complexity index is 870. The highest BCUT2D eigenvalue weighted by Crippen LogP contribution is 2.23. The minimum Gasteiger partial charge on any atom is -0.497 e. The number of aromatic nitrogens is 3. The van der Waals surface area contributed by atoms with Crippen molar-refractivity contribution in [2.45, 2.75) is 11.8 Å². The van der Waals surface area contributed by atoms with Crippen LogP contribution in [0.3, 0.4) is 0 Å². The normalized spacial score (nSPS) is 10.5. The first kappa shape index (κ1) is 17.9. The Morgan fingerprint density at radius 1 is 1.23 bits per heavy atom. The van der Waals surface area contributed by atoms with Crippen molar-refractivity contribution in [2.75, 3.05) is 19.9 Å². The first-order valence-corrected chi connectivity index (χ1v) is 8.88. The van der Waals surface area contributed by atoms with Crippen molar-refractivity contribution in [2.24, 2.45) is 0 Å². The molecule has 0 aliphatic rings. The fraction of sp³-hybridized carbons (Fsp3) is 0.222. The van der Waals surface area contributed by atoms with Crippen LogP contribution in [0.15, 0.2) is 58.4 Å². The molecular formula is C18H18N4O3S. The molecule has 0 unspecified atom stereocenters. The van der Waals surface area contributed by atoms with Gasteiger partial charge in [0.2, 0.25) is 11.8 Å². The van der Waals surface area contributed by atoms with Crippen LogP contribution in [0.5, 0.6) is 5.75 Å². The van der Waals surface area contributed by atoms with Gasteiger partial charge in [-0.1, -0.05) is 23.9 Å². The van der Waals surface area contributed by atoms with Crippen LogP contribution in [0.4, 0.5) is 0 Å². The molecule has 2 heterocycles. The quantitative estimate of drug-likeness (QED) is 0.592. The van der Waals surface area contributed by atoms with Gasteiger partial charge in [0.05, 0.1) is 12.9 Å². The zero-order valence-electron chi connectivity index (χ0n) is 14.5. The number of hydrogen-bond acceptors (Lipinski definition) is 7. The molecule has 3 rings (SSSR count). The molecule has 0 saturated carbocycles. The number of pyridine rings is 1. The molecule has 2 aromatic heterocycles. The molecule has 3 aromatic rings. The van der Waals surface area contributed by atoms with Crippen molar-refractivity contribution in [3.63, 3.8) is 0 Å². The maximum atomic E-state index is 12.3. The summed E-state index contributed by atoms with van der Waals surface area (Å²) in [6.45, 7) is 0.503. The molecule has 0 radical (unpaired) electrons. The molecule has 1 amide bonds. The minimum atomic E-state index is -0.0264. The second kappa shape index (κ2) is 8.48. The third-order valence-electron chi connectivity index (χ3n) is 3.63. The Hall–Kier alpha value is -2.87. The zero-order valence-corrected chi connectivity index (χ0v) is 15.3. The lowest BCUT2D eigenvalue weighted by atomic mass is 10.2. The third-order valence-corrected chi connectivity index (χ3v) is 4.44.